The lowest BCUT2D eigenvalue weighted by molar-refractivity contribution is -0.137. The second-order valence-corrected chi connectivity index (χ2v) is 8.23. The van der Waals surface area contributed by atoms with Crippen LogP contribution in [0.1, 0.15) is 67.7 Å². The van der Waals surface area contributed by atoms with Crippen LogP contribution in [0.2, 0.25) is 0 Å². The Hall–Kier alpha value is -2.82. The van der Waals surface area contributed by atoms with E-state index in [2.05, 4.69) is 28.8 Å². The zero-order chi connectivity index (χ0) is 20.4. The number of hydrogen-bond acceptors (Lipinski definition) is 3. The van der Waals surface area contributed by atoms with Crippen LogP contribution in [0.5, 0.6) is 5.75 Å². The van der Waals surface area contributed by atoms with E-state index in [0.717, 1.165) is 16.9 Å². The predicted molar refractivity (Wildman–Crippen MR) is 113 cm³/mol. The molecule has 3 aromatic rings. The molecule has 0 spiro atoms. The van der Waals surface area contributed by atoms with Crippen LogP contribution in [-0.4, -0.2) is 20.9 Å². The summed E-state index contributed by atoms with van der Waals surface area (Å²) in [6, 6.07) is 12.6. The van der Waals surface area contributed by atoms with Crippen molar-refractivity contribution in [2.75, 3.05) is 0 Å². The van der Waals surface area contributed by atoms with E-state index in [0.29, 0.717) is 12.6 Å². The summed E-state index contributed by atoms with van der Waals surface area (Å²) in [7, 11) is 0. The molecular formula is C24H28N2O3. The van der Waals surface area contributed by atoms with Crippen molar-refractivity contribution >= 4 is 16.9 Å². The molecule has 1 aliphatic rings. The third kappa shape index (κ3) is 4.29. The molecule has 152 valence electrons. The summed E-state index contributed by atoms with van der Waals surface area (Å²) >= 11 is 0. The lowest BCUT2D eigenvalue weighted by Crippen LogP contribution is -2.07. The predicted octanol–water partition coefficient (Wildman–Crippen LogP) is 5.62. The minimum atomic E-state index is -0.778. The van der Waals surface area contributed by atoms with Crippen LogP contribution in [0, 0.1) is 6.92 Å². The first-order valence-electron chi connectivity index (χ1n) is 10.4. The molecule has 4 rings (SSSR count). The van der Waals surface area contributed by atoms with Crippen LogP contribution in [0.3, 0.4) is 0 Å². The van der Waals surface area contributed by atoms with E-state index < -0.39 is 5.97 Å². The van der Waals surface area contributed by atoms with Gasteiger partial charge in [-0.3, -0.25) is 9.48 Å². The standard InChI is InChI=1S/C24H28N2O3/c1-16(12-23(27)28)19-7-9-22(10-8-19)29-15-18-11-17(2)24-20(13-18)14-25-26(24)21-5-3-4-6-21/h7-11,13-14,16,21H,3-6,12,15H2,1-2H3,(H,27,28). The maximum atomic E-state index is 10.9. The highest BCUT2D eigenvalue weighted by Gasteiger charge is 2.20. The number of aliphatic carboxylic acids is 1. The molecule has 0 radical (unpaired) electrons. The minimum Gasteiger partial charge on any atom is -0.489 e. The Labute approximate surface area is 171 Å². The van der Waals surface area contributed by atoms with E-state index in [1.165, 1.54) is 42.1 Å². The first-order chi connectivity index (χ1) is 14.0. The van der Waals surface area contributed by atoms with Crippen LogP contribution in [0.15, 0.2) is 42.6 Å². The molecule has 1 aliphatic carbocycles. The van der Waals surface area contributed by atoms with E-state index in [1.807, 2.05) is 37.4 Å². The van der Waals surface area contributed by atoms with Gasteiger partial charge in [-0.2, -0.15) is 5.10 Å². The number of aromatic nitrogens is 2. The average Bonchev–Trinajstić information content (AvgIpc) is 3.36. The number of nitrogens with zero attached hydrogens (tertiary/aromatic N) is 2. The highest BCUT2D eigenvalue weighted by Crippen LogP contribution is 2.33. The number of carboxylic acid groups (broad SMARTS) is 1. The van der Waals surface area contributed by atoms with Crippen molar-refractivity contribution < 1.29 is 14.6 Å². The van der Waals surface area contributed by atoms with Crippen molar-refractivity contribution in [3.05, 3.63) is 59.3 Å². The summed E-state index contributed by atoms with van der Waals surface area (Å²) in [6.07, 6.45) is 7.15. The Morgan fingerprint density at radius 3 is 2.66 bits per heavy atom. The molecule has 2 aromatic carbocycles. The molecule has 1 N–H and O–H groups in total. The summed E-state index contributed by atoms with van der Waals surface area (Å²) < 4.78 is 8.20. The monoisotopic (exact) mass is 392 g/mol. The fourth-order valence-electron chi connectivity index (χ4n) is 4.43. The quantitative estimate of drug-likeness (QED) is 0.567. The number of ether oxygens (including phenoxy) is 1. The summed E-state index contributed by atoms with van der Waals surface area (Å²) in [5.74, 6) is -0.00136. The normalized spacial score (nSPS) is 15.7. The van der Waals surface area contributed by atoms with E-state index in [9.17, 15) is 4.79 Å². The lowest BCUT2D eigenvalue weighted by Gasteiger charge is -2.14. The van der Waals surface area contributed by atoms with Crippen molar-refractivity contribution in [3.8, 4) is 5.75 Å². The first-order valence-corrected chi connectivity index (χ1v) is 10.4. The van der Waals surface area contributed by atoms with Crippen LogP contribution < -0.4 is 4.74 Å². The average molecular weight is 392 g/mol. The number of fused-ring (bicyclic) bond motifs is 1. The van der Waals surface area contributed by atoms with E-state index in [1.54, 1.807) is 0 Å². The maximum absolute atomic E-state index is 10.9. The van der Waals surface area contributed by atoms with Crippen molar-refractivity contribution in [3.63, 3.8) is 0 Å². The molecular weight excluding hydrogens is 364 g/mol. The van der Waals surface area contributed by atoms with Crippen molar-refractivity contribution in [1.82, 2.24) is 9.78 Å². The summed E-state index contributed by atoms with van der Waals surface area (Å²) in [5, 5.41) is 14.8. The van der Waals surface area contributed by atoms with Crippen molar-refractivity contribution in [2.45, 2.75) is 64.5 Å². The summed E-state index contributed by atoms with van der Waals surface area (Å²) in [6.45, 7) is 4.57. The van der Waals surface area contributed by atoms with Gasteiger partial charge in [-0.25, -0.2) is 0 Å². The highest BCUT2D eigenvalue weighted by molar-refractivity contribution is 5.82. The van der Waals surface area contributed by atoms with Gasteiger partial charge in [0.05, 0.1) is 24.2 Å². The largest absolute Gasteiger partial charge is 0.489 e. The first kappa shape index (κ1) is 19.5. The molecule has 5 nitrogen and oxygen atoms in total. The zero-order valence-electron chi connectivity index (χ0n) is 17.1. The Morgan fingerprint density at radius 1 is 1.24 bits per heavy atom. The molecule has 1 saturated carbocycles. The van der Waals surface area contributed by atoms with Gasteiger partial charge < -0.3 is 9.84 Å². The minimum absolute atomic E-state index is 0.0111. The smallest absolute Gasteiger partial charge is 0.303 e. The molecule has 5 heteroatoms. The Bertz CT molecular complexity index is 1000. The molecule has 1 unspecified atom stereocenters. The van der Waals surface area contributed by atoms with E-state index in [4.69, 9.17) is 9.84 Å². The van der Waals surface area contributed by atoms with Gasteiger partial charge in [0.25, 0.3) is 0 Å². The Kier molecular flexibility index (Phi) is 5.56. The number of carbonyl (C=O) groups is 1. The van der Waals surface area contributed by atoms with Gasteiger partial charge in [-0.15, -0.1) is 0 Å². The third-order valence-electron chi connectivity index (χ3n) is 5.95. The van der Waals surface area contributed by atoms with Gasteiger partial charge in [0, 0.05) is 5.39 Å². The number of rotatable bonds is 7. The number of aryl methyl sites for hydroxylation is 1. The topological polar surface area (TPSA) is 64.3 Å². The van der Waals surface area contributed by atoms with Gasteiger partial charge in [-0.05, 0) is 60.6 Å². The fraction of sp³-hybridized carbons (Fsp3) is 0.417. The van der Waals surface area contributed by atoms with Crippen LogP contribution in [0.4, 0.5) is 0 Å². The number of hydrogen-bond donors (Lipinski definition) is 1. The third-order valence-corrected chi connectivity index (χ3v) is 5.95. The van der Waals surface area contributed by atoms with Crippen molar-refractivity contribution in [2.24, 2.45) is 0 Å². The molecule has 0 saturated heterocycles. The second kappa shape index (κ2) is 8.27. The second-order valence-electron chi connectivity index (χ2n) is 8.23. The van der Waals surface area contributed by atoms with Crippen LogP contribution in [-0.2, 0) is 11.4 Å². The Morgan fingerprint density at radius 2 is 1.97 bits per heavy atom. The van der Waals surface area contributed by atoms with Gasteiger partial charge in [0.2, 0.25) is 0 Å². The van der Waals surface area contributed by atoms with E-state index >= 15 is 0 Å². The van der Waals surface area contributed by atoms with Gasteiger partial charge in [0.1, 0.15) is 12.4 Å². The lowest BCUT2D eigenvalue weighted by atomic mass is 9.98. The molecule has 0 aliphatic heterocycles. The Balaban J connectivity index is 1.45. The molecule has 1 aromatic heterocycles. The van der Waals surface area contributed by atoms with Gasteiger partial charge in [-0.1, -0.05) is 38.0 Å². The molecule has 0 amide bonds. The molecule has 29 heavy (non-hydrogen) atoms. The molecule has 1 heterocycles. The van der Waals surface area contributed by atoms with Crippen molar-refractivity contribution in [1.29, 1.82) is 0 Å². The molecule has 1 atom stereocenters. The number of carboxylic acids is 1. The maximum Gasteiger partial charge on any atom is 0.303 e. The summed E-state index contributed by atoms with van der Waals surface area (Å²) in [5.41, 5.74) is 4.63. The summed E-state index contributed by atoms with van der Waals surface area (Å²) in [4.78, 5) is 10.9. The number of benzene rings is 2. The van der Waals surface area contributed by atoms with Crippen LogP contribution in [0.25, 0.3) is 10.9 Å². The van der Waals surface area contributed by atoms with E-state index in [-0.39, 0.29) is 12.3 Å². The molecule has 0 bridgehead atoms. The van der Waals surface area contributed by atoms with Gasteiger partial charge >= 0.3 is 5.97 Å². The fourth-order valence-corrected chi connectivity index (χ4v) is 4.43. The molecule has 1 fully saturated rings. The van der Waals surface area contributed by atoms with Crippen LogP contribution >= 0.6 is 0 Å². The SMILES string of the molecule is Cc1cc(COc2ccc(C(C)CC(=O)O)cc2)cc2cnn(C3CCCC3)c12. The van der Waals surface area contributed by atoms with Gasteiger partial charge in [0.15, 0.2) is 0 Å². The highest BCUT2D eigenvalue weighted by atomic mass is 16.5. The zero-order valence-corrected chi connectivity index (χ0v) is 17.1.